The minimum absolute atomic E-state index is 0.219. The molecule has 2 N–H and O–H groups in total. The van der Waals surface area contributed by atoms with Crippen LogP contribution in [0.15, 0.2) is 38.1 Å². The van der Waals surface area contributed by atoms with Crippen LogP contribution in [0.1, 0.15) is 68.4 Å². The Kier molecular flexibility index (Phi) is 12.1. The molecule has 0 aromatic carbocycles. The Morgan fingerprint density at radius 2 is 1.15 bits per heavy atom. The van der Waals surface area contributed by atoms with Gasteiger partial charge in [0.05, 0.1) is 0 Å². The van der Waals surface area contributed by atoms with Crippen molar-refractivity contribution >= 4 is 35.2 Å². The van der Waals surface area contributed by atoms with Gasteiger partial charge in [0.1, 0.15) is 11.6 Å². The lowest BCUT2D eigenvalue weighted by atomic mass is 10.2. The number of fused-ring (bicyclic) bond motifs is 6. The highest BCUT2D eigenvalue weighted by atomic mass is 32.2. The molecule has 1 aliphatic rings. The van der Waals surface area contributed by atoms with Gasteiger partial charge in [-0.3, -0.25) is 13.9 Å². The monoisotopic (exact) mass is 598 g/mol. The van der Waals surface area contributed by atoms with Gasteiger partial charge in [-0.2, -0.15) is 0 Å². The van der Waals surface area contributed by atoms with E-state index in [4.69, 9.17) is 4.98 Å². The Hall–Kier alpha value is -2.86. The molecular formula is C29H42N8O2S2. The van der Waals surface area contributed by atoms with Gasteiger partial charge in [0.25, 0.3) is 5.56 Å². The normalized spacial score (nSPS) is 16.7. The largest absolute Gasteiger partial charge is 0.370 e. The van der Waals surface area contributed by atoms with Gasteiger partial charge < -0.3 is 10.6 Å². The van der Waals surface area contributed by atoms with E-state index in [0.29, 0.717) is 18.8 Å². The molecule has 0 fully saturated rings. The van der Waals surface area contributed by atoms with Gasteiger partial charge in [-0.05, 0) is 59.3 Å². The van der Waals surface area contributed by atoms with Gasteiger partial charge in [0.15, 0.2) is 10.3 Å². The molecular weight excluding hydrogens is 557 g/mol. The summed E-state index contributed by atoms with van der Waals surface area (Å²) >= 11 is 3.26. The van der Waals surface area contributed by atoms with E-state index >= 15 is 0 Å². The van der Waals surface area contributed by atoms with Gasteiger partial charge in [0, 0.05) is 73.0 Å². The maximum absolute atomic E-state index is 13.2. The van der Waals surface area contributed by atoms with E-state index in [-0.39, 0.29) is 11.2 Å². The Morgan fingerprint density at radius 1 is 0.634 bits per heavy atom. The first-order valence-electron chi connectivity index (χ1n) is 14.6. The first-order chi connectivity index (χ1) is 19.9. The first-order valence-corrected chi connectivity index (χ1v) is 16.6. The van der Waals surface area contributed by atoms with Gasteiger partial charge in [-0.25, -0.2) is 24.7 Å². The van der Waals surface area contributed by atoms with E-state index in [9.17, 15) is 9.59 Å². The standard InChI is InChI=1S/C29H42N8O2S2/c1-21-18-24-30-12-6-4-5-7-13-31-25-19-22(2)33-28(35-25)41-17-11-9-15-37-26(38)20-23(3)36(29(37)39)14-8-10-16-40-27(32-21)34-24/h18-20H,4-17H2,1-3H3,(H,30,32,34)(H,31,33,35). The SMILES string of the molecule is Cc1cc2nc(n1)SCCCCn1c(C)cc(=O)n(c1=O)CCCCSc1nc(C)cc(n1)NCCCCCCN2. The zero-order valence-electron chi connectivity index (χ0n) is 24.4. The summed E-state index contributed by atoms with van der Waals surface area (Å²) in [6, 6.07) is 5.55. The van der Waals surface area contributed by atoms with Crippen molar-refractivity contribution in [2.75, 3.05) is 35.2 Å². The first kappa shape index (κ1) is 31.1. The number of rotatable bonds is 0. The third kappa shape index (κ3) is 9.88. The number of nitrogens with one attached hydrogen (secondary N) is 2. The lowest BCUT2D eigenvalue weighted by Gasteiger charge is -2.13. The second-order valence-electron chi connectivity index (χ2n) is 10.4. The maximum atomic E-state index is 13.2. The Bertz CT molecular complexity index is 1410. The summed E-state index contributed by atoms with van der Waals surface area (Å²) in [4.78, 5) is 44.3. The van der Waals surface area contributed by atoms with E-state index in [1.165, 1.54) is 4.57 Å². The molecule has 41 heavy (non-hydrogen) atoms. The molecule has 4 rings (SSSR count). The van der Waals surface area contributed by atoms with Crippen molar-refractivity contribution in [3.63, 3.8) is 0 Å². The van der Waals surface area contributed by atoms with E-state index in [2.05, 4.69) is 25.6 Å². The number of aromatic nitrogens is 6. The molecule has 0 unspecified atom stereocenters. The molecule has 0 aliphatic carbocycles. The Morgan fingerprint density at radius 3 is 1.68 bits per heavy atom. The summed E-state index contributed by atoms with van der Waals surface area (Å²) in [5, 5.41) is 8.44. The maximum Gasteiger partial charge on any atom is 0.331 e. The average Bonchev–Trinajstić information content (AvgIpc) is 2.92. The summed E-state index contributed by atoms with van der Waals surface area (Å²) in [6.45, 7) is 8.58. The predicted octanol–water partition coefficient (Wildman–Crippen LogP) is 5.06. The minimum atomic E-state index is -0.227. The van der Waals surface area contributed by atoms with Crippen molar-refractivity contribution in [1.82, 2.24) is 29.1 Å². The lowest BCUT2D eigenvalue weighted by molar-refractivity contribution is 0.509. The van der Waals surface area contributed by atoms with Crippen LogP contribution in [0.25, 0.3) is 0 Å². The smallest absolute Gasteiger partial charge is 0.331 e. The molecule has 6 bridgehead atoms. The second kappa shape index (κ2) is 16.0. The van der Waals surface area contributed by atoms with E-state index in [1.807, 2.05) is 32.9 Å². The molecule has 12 heteroatoms. The fourth-order valence-electron chi connectivity index (χ4n) is 4.70. The van der Waals surface area contributed by atoms with Crippen LogP contribution in [-0.4, -0.2) is 53.7 Å². The second-order valence-corrected chi connectivity index (χ2v) is 12.6. The van der Waals surface area contributed by atoms with Crippen LogP contribution < -0.4 is 21.9 Å². The fourth-order valence-corrected chi connectivity index (χ4v) is 6.51. The summed E-state index contributed by atoms with van der Waals surface area (Å²) in [7, 11) is 0. The molecule has 3 aromatic rings. The third-order valence-electron chi connectivity index (χ3n) is 6.88. The highest BCUT2D eigenvalue weighted by Gasteiger charge is 2.10. The van der Waals surface area contributed by atoms with E-state index in [0.717, 1.165) is 109 Å². The molecule has 3 aromatic heterocycles. The lowest BCUT2D eigenvalue weighted by Crippen LogP contribution is -2.40. The molecule has 0 spiro atoms. The van der Waals surface area contributed by atoms with Gasteiger partial charge in [-0.15, -0.1) is 0 Å². The van der Waals surface area contributed by atoms with Crippen molar-refractivity contribution in [2.45, 2.75) is 95.5 Å². The van der Waals surface area contributed by atoms with Crippen LogP contribution in [-0.2, 0) is 13.1 Å². The fraction of sp³-hybridized carbons (Fsp3) is 0.586. The topological polar surface area (TPSA) is 120 Å². The molecule has 222 valence electrons. The highest BCUT2D eigenvalue weighted by Crippen LogP contribution is 2.20. The van der Waals surface area contributed by atoms with Crippen molar-refractivity contribution in [3.05, 3.63) is 56.1 Å². The predicted molar refractivity (Wildman–Crippen MR) is 169 cm³/mol. The van der Waals surface area contributed by atoms with Crippen molar-refractivity contribution < 1.29 is 0 Å². The molecule has 4 heterocycles. The number of hydrogen-bond acceptors (Lipinski definition) is 10. The number of aryl methyl sites for hydroxylation is 3. The number of anilines is 2. The van der Waals surface area contributed by atoms with Gasteiger partial charge in [-0.1, -0.05) is 36.4 Å². The zero-order valence-corrected chi connectivity index (χ0v) is 26.1. The average molecular weight is 599 g/mol. The van der Waals surface area contributed by atoms with E-state index < -0.39 is 0 Å². The quantitative estimate of drug-likeness (QED) is 0.340. The van der Waals surface area contributed by atoms with Crippen LogP contribution in [0.3, 0.4) is 0 Å². The highest BCUT2D eigenvalue weighted by molar-refractivity contribution is 7.99. The van der Waals surface area contributed by atoms with Crippen LogP contribution in [0.5, 0.6) is 0 Å². The van der Waals surface area contributed by atoms with Crippen molar-refractivity contribution in [3.8, 4) is 0 Å². The zero-order chi connectivity index (χ0) is 29.0. The van der Waals surface area contributed by atoms with E-state index in [1.54, 1.807) is 34.2 Å². The third-order valence-corrected chi connectivity index (χ3v) is 8.75. The van der Waals surface area contributed by atoms with Crippen molar-refractivity contribution in [2.24, 2.45) is 0 Å². The molecule has 1 aliphatic heterocycles. The van der Waals surface area contributed by atoms with Crippen molar-refractivity contribution in [1.29, 1.82) is 0 Å². The van der Waals surface area contributed by atoms with Crippen LogP contribution in [0.4, 0.5) is 11.6 Å². The summed E-state index contributed by atoms with van der Waals surface area (Å²) in [5.41, 5.74) is 2.15. The summed E-state index contributed by atoms with van der Waals surface area (Å²) < 4.78 is 3.10. The number of hydrogen-bond donors (Lipinski definition) is 2. The van der Waals surface area contributed by atoms with Crippen LogP contribution in [0, 0.1) is 20.8 Å². The van der Waals surface area contributed by atoms with Crippen LogP contribution in [0.2, 0.25) is 0 Å². The number of thioether (sulfide) groups is 2. The molecule has 0 saturated heterocycles. The molecule has 0 amide bonds. The Balaban J connectivity index is 1.43. The summed E-state index contributed by atoms with van der Waals surface area (Å²) in [5.74, 6) is 3.43. The molecule has 0 saturated carbocycles. The Labute approximate surface area is 250 Å². The molecule has 0 radical (unpaired) electrons. The van der Waals surface area contributed by atoms with Crippen LogP contribution >= 0.6 is 23.5 Å². The van der Waals surface area contributed by atoms with Gasteiger partial charge in [0.2, 0.25) is 0 Å². The minimum Gasteiger partial charge on any atom is -0.370 e. The number of nitrogens with zero attached hydrogens (tertiary/aromatic N) is 6. The van der Waals surface area contributed by atoms with Gasteiger partial charge >= 0.3 is 5.69 Å². The molecule has 10 nitrogen and oxygen atoms in total. The summed E-state index contributed by atoms with van der Waals surface area (Å²) in [6.07, 6.45) is 7.84. The molecule has 0 atom stereocenters.